The topological polar surface area (TPSA) is 54.3 Å². The van der Waals surface area contributed by atoms with E-state index in [2.05, 4.69) is 9.88 Å². The molecule has 174 valence electrons. The van der Waals surface area contributed by atoms with Gasteiger partial charge in [0.2, 0.25) is 0 Å². The second-order valence-electron chi connectivity index (χ2n) is 7.00. The average Bonchev–Trinajstić information content (AvgIpc) is 3.14. The van der Waals surface area contributed by atoms with Gasteiger partial charge in [-0.05, 0) is 37.1 Å². The Bertz CT molecular complexity index is 948. The van der Waals surface area contributed by atoms with Crippen LogP contribution in [0.1, 0.15) is 48.8 Å². The van der Waals surface area contributed by atoms with Crippen LogP contribution in [0.3, 0.4) is 0 Å². The Labute approximate surface area is 189 Å². The van der Waals surface area contributed by atoms with E-state index in [1.165, 1.54) is 12.1 Å². The SMILES string of the molecule is CC.CNc1cccc(C(C)(F)F)c1.Cc1c(C=O)cc(-c2ccccc2)n1CCCO. The Morgan fingerprint density at radius 3 is 2.25 bits per heavy atom. The number of nitrogens with zero attached hydrogens (tertiary/aromatic N) is 1. The van der Waals surface area contributed by atoms with Crippen LogP contribution in [0, 0.1) is 6.92 Å². The highest BCUT2D eigenvalue weighted by molar-refractivity contribution is 5.80. The number of carbonyl (C=O) groups excluding carboxylic acids is 1. The first kappa shape index (κ1) is 27.0. The second kappa shape index (κ2) is 13.4. The molecular formula is C26H34F2N2O2. The van der Waals surface area contributed by atoms with Gasteiger partial charge in [0.15, 0.2) is 6.29 Å². The van der Waals surface area contributed by atoms with Gasteiger partial charge in [-0.25, -0.2) is 8.78 Å². The van der Waals surface area contributed by atoms with Crippen molar-refractivity contribution in [3.8, 4) is 11.3 Å². The van der Waals surface area contributed by atoms with Crippen molar-refractivity contribution < 1.29 is 18.7 Å². The first-order valence-corrected chi connectivity index (χ1v) is 10.8. The zero-order chi connectivity index (χ0) is 24.1. The van der Waals surface area contributed by atoms with Crippen LogP contribution in [0.25, 0.3) is 11.3 Å². The van der Waals surface area contributed by atoms with Crippen molar-refractivity contribution in [1.29, 1.82) is 0 Å². The summed E-state index contributed by atoms with van der Waals surface area (Å²) >= 11 is 0. The molecule has 0 fully saturated rings. The summed E-state index contributed by atoms with van der Waals surface area (Å²) in [7, 11) is 1.70. The number of hydrogen-bond donors (Lipinski definition) is 2. The van der Waals surface area contributed by atoms with Crippen molar-refractivity contribution in [2.75, 3.05) is 19.0 Å². The monoisotopic (exact) mass is 444 g/mol. The molecule has 0 unspecified atom stereocenters. The molecule has 1 heterocycles. The molecule has 0 aliphatic rings. The van der Waals surface area contributed by atoms with Crippen LogP contribution >= 0.6 is 0 Å². The summed E-state index contributed by atoms with van der Waals surface area (Å²) in [6, 6.07) is 18.1. The molecule has 0 saturated carbocycles. The number of aromatic nitrogens is 1. The molecule has 1 aromatic heterocycles. The Balaban J connectivity index is 0.000000318. The van der Waals surface area contributed by atoms with E-state index in [4.69, 9.17) is 5.11 Å². The Morgan fingerprint density at radius 2 is 1.72 bits per heavy atom. The summed E-state index contributed by atoms with van der Waals surface area (Å²) in [6.07, 6.45) is 1.57. The zero-order valence-corrected chi connectivity index (χ0v) is 19.5. The first-order valence-electron chi connectivity index (χ1n) is 10.8. The van der Waals surface area contributed by atoms with Crippen LogP contribution in [0.2, 0.25) is 0 Å². The van der Waals surface area contributed by atoms with Gasteiger partial charge in [-0.2, -0.15) is 0 Å². The molecule has 0 aliphatic carbocycles. The van der Waals surface area contributed by atoms with Crippen molar-refractivity contribution in [3.63, 3.8) is 0 Å². The molecule has 3 aromatic rings. The minimum absolute atomic E-state index is 0.0364. The van der Waals surface area contributed by atoms with E-state index in [9.17, 15) is 13.6 Å². The molecule has 2 aromatic carbocycles. The standard InChI is InChI=1S/C15H17NO2.C9H11F2N.C2H6/c1-12-14(11-18)10-15(16(12)8-5-9-17)13-6-3-2-4-7-13;1-9(10,11)7-4-3-5-8(6-7)12-2;1-2/h2-4,6-7,10-11,17H,5,8-9H2,1H3;3-6,12H,1-2H3;1-2H3. The molecule has 0 aliphatic heterocycles. The highest BCUT2D eigenvalue weighted by atomic mass is 19.3. The van der Waals surface area contributed by atoms with E-state index < -0.39 is 5.92 Å². The molecule has 0 bridgehead atoms. The van der Waals surface area contributed by atoms with Crippen LogP contribution in [-0.2, 0) is 12.5 Å². The summed E-state index contributed by atoms with van der Waals surface area (Å²) in [6.45, 7) is 7.71. The minimum atomic E-state index is -2.76. The van der Waals surface area contributed by atoms with Crippen LogP contribution in [0.15, 0.2) is 60.7 Å². The maximum Gasteiger partial charge on any atom is 0.270 e. The Hall–Kier alpha value is -2.99. The highest BCUT2D eigenvalue weighted by Crippen LogP contribution is 2.28. The number of anilines is 1. The third kappa shape index (κ3) is 7.61. The van der Waals surface area contributed by atoms with Crippen LogP contribution in [0.5, 0.6) is 0 Å². The van der Waals surface area contributed by atoms with Gasteiger partial charge in [-0.1, -0.05) is 56.3 Å². The van der Waals surface area contributed by atoms with E-state index in [-0.39, 0.29) is 12.2 Å². The van der Waals surface area contributed by atoms with E-state index in [0.717, 1.165) is 36.7 Å². The van der Waals surface area contributed by atoms with E-state index in [1.807, 2.05) is 57.2 Å². The molecule has 0 saturated heterocycles. The molecule has 3 rings (SSSR count). The number of aldehydes is 1. The lowest BCUT2D eigenvalue weighted by Crippen LogP contribution is -2.06. The third-order valence-corrected chi connectivity index (χ3v) is 4.80. The lowest BCUT2D eigenvalue weighted by atomic mass is 10.1. The normalized spacial score (nSPS) is 10.4. The molecule has 0 spiro atoms. The van der Waals surface area contributed by atoms with Gasteiger partial charge in [0.1, 0.15) is 0 Å². The van der Waals surface area contributed by atoms with Crippen LogP contribution in [0.4, 0.5) is 14.5 Å². The lowest BCUT2D eigenvalue weighted by Gasteiger charge is -2.11. The van der Waals surface area contributed by atoms with Gasteiger partial charge < -0.3 is 15.0 Å². The largest absolute Gasteiger partial charge is 0.396 e. The number of aliphatic hydroxyl groups is 1. The predicted molar refractivity (Wildman–Crippen MR) is 129 cm³/mol. The van der Waals surface area contributed by atoms with Crippen LogP contribution in [-0.4, -0.2) is 29.6 Å². The third-order valence-electron chi connectivity index (χ3n) is 4.80. The summed E-state index contributed by atoms with van der Waals surface area (Å²) in [5, 5.41) is 11.8. The van der Waals surface area contributed by atoms with E-state index in [0.29, 0.717) is 17.7 Å². The average molecular weight is 445 g/mol. The van der Waals surface area contributed by atoms with Crippen molar-refractivity contribution in [1.82, 2.24) is 4.57 Å². The van der Waals surface area contributed by atoms with Gasteiger partial charge in [0.05, 0.1) is 0 Å². The molecule has 32 heavy (non-hydrogen) atoms. The minimum Gasteiger partial charge on any atom is -0.396 e. The molecule has 2 N–H and O–H groups in total. The molecule has 0 atom stereocenters. The smallest absolute Gasteiger partial charge is 0.270 e. The molecule has 4 nitrogen and oxygen atoms in total. The summed E-state index contributed by atoms with van der Waals surface area (Å²) < 4.78 is 27.6. The zero-order valence-electron chi connectivity index (χ0n) is 19.5. The highest BCUT2D eigenvalue weighted by Gasteiger charge is 2.23. The summed E-state index contributed by atoms with van der Waals surface area (Å²) in [5.41, 5.74) is 4.53. The van der Waals surface area contributed by atoms with Crippen molar-refractivity contribution in [2.45, 2.75) is 46.6 Å². The fraction of sp³-hybridized carbons (Fsp3) is 0.346. The first-order chi connectivity index (χ1) is 15.3. The van der Waals surface area contributed by atoms with Crippen molar-refractivity contribution in [3.05, 3.63) is 77.5 Å². The fourth-order valence-corrected chi connectivity index (χ4v) is 3.10. The van der Waals surface area contributed by atoms with Crippen molar-refractivity contribution >= 4 is 12.0 Å². The maximum absolute atomic E-state index is 12.7. The van der Waals surface area contributed by atoms with Gasteiger partial charge in [-0.15, -0.1) is 0 Å². The van der Waals surface area contributed by atoms with Crippen LogP contribution < -0.4 is 5.32 Å². The number of hydrogen-bond acceptors (Lipinski definition) is 3. The van der Waals surface area contributed by atoms with E-state index >= 15 is 0 Å². The lowest BCUT2D eigenvalue weighted by molar-refractivity contribution is 0.0175. The summed E-state index contributed by atoms with van der Waals surface area (Å²) in [5.74, 6) is -2.76. The van der Waals surface area contributed by atoms with E-state index in [1.54, 1.807) is 19.2 Å². The molecule has 6 heteroatoms. The predicted octanol–water partition coefficient (Wildman–Crippen LogP) is 6.52. The maximum atomic E-state index is 12.7. The quantitative estimate of drug-likeness (QED) is 0.408. The number of halogens is 2. The second-order valence-corrected chi connectivity index (χ2v) is 7.00. The number of alkyl halides is 2. The van der Waals surface area contributed by atoms with Crippen molar-refractivity contribution in [2.24, 2.45) is 0 Å². The molecule has 0 radical (unpaired) electrons. The number of rotatable bonds is 7. The number of carbonyl (C=O) groups is 1. The van der Waals surface area contributed by atoms with Gasteiger partial charge in [0.25, 0.3) is 5.92 Å². The number of nitrogens with one attached hydrogen (secondary N) is 1. The van der Waals surface area contributed by atoms with Gasteiger partial charge >= 0.3 is 0 Å². The Kier molecular flexibility index (Phi) is 11.3. The number of benzene rings is 2. The molecule has 0 amide bonds. The van der Waals surface area contributed by atoms with Gasteiger partial charge in [0, 0.05) is 55.3 Å². The fourth-order valence-electron chi connectivity index (χ4n) is 3.10. The van der Waals surface area contributed by atoms with Gasteiger partial charge in [-0.3, -0.25) is 4.79 Å². The molecular weight excluding hydrogens is 410 g/mol. The Morgan fingerprint density at radius 1 is 1.06 bits per heavy atom. The summed E-state index contributed by atoms with van der Waals surface area (Å²) in [4.78, 5) is 11.0. The number of aliphatic hydroxyl groups excluding tert-OH is 1.